The second-order valence-corrected chi connectivity index (χ2v) is 12.7. The second-order valence-electron chi connectivity index (χ2n) is 9.67. The monoisotopic (exact) mass is 492 g/mol. The number of Topliss-reactive ketones (excluding diaryl/α,β-unsaturated/α-hetero) is 1. The summed E-state index contributed by atoms with van der Waals surface area (Å²) in [5.74, 6) is 0.417. The lowest BCUT2D eigenvalue weighted by atomic mass is 9.76. The summed E-state index contributed by atoms with van der Waals surface area (Å²) in [6.45, 7) is 3.82. The highest BCUT2D eigenvalue weighted by atomic mass is 31.2. The number of hydrogen-bond donors (Lipinski definition) is 0. The first-order valence-electron chi connectivity index (χ1n) is 12.8. The molecule has 0 amide bonds. The van der Waals surface area contributed by atoms with E-state index in [1.54, 1.807) is 0 Å². The highest BCUT2D eigenvalue weighted by Gasteiger charge is 2.33. The van der Waals surface area contributed by atoms with Crippen LogP contribution in [-0.2, 0) is 11.0 Å². The molecule has 0 spiro atoms. The van der Waals surface area contributed by atoms with Gasteiger partial charge in [0, 0.05) is 28.8 Å². The number of rotatable bonds is 5. The van der Waals surface area contributed by atoms with Crippen LogP contribution < -0.4 is 4.52 Å². The highest BCUT2D eigenvalue weighted by molar-refractivity contribution is 7.59. The molecule has 180 valence electrons. The third-order valence-electron chi connectivity index (χ3n) is 7.81. The first-order chi connectivity index (χ1) is 17.5. The van der Waals surface area contributed by atoms with Gasteiger partial charge in [0.1, 0.15) is 5.75 Å². The maximum Gasteiger partial charge on any atom is 0.247 e. The second kappa shape index (κ2) is 8.91. The summed E-state index contributed by atoms with van der Waals surface area (Å²) in [5, 5.41) is 6.72. The molecule has 0 radical (unpaired) electrons. The lowest BCUT2D eigenvalue weighted by Gasteiger charge is -2.28. The van der Waals surface area contributed by atoms with Crippen LogP contribution in [0.5, 0.6) is 5.75 Å². The molecule has 6 rings (SSSR count). The van der Waals surface area contributed by atoms with E-state index in [-0.39, 0.29) is 11.7 Å². The average Bonchev–Trinajstić information content (AvgIpc) is 2.93. The van der Waals surface area contributed by atoms with Gasteiger partial charge in [-0.2, -0.15) is 0 Å². The quantitative estimate of drug-likeness (QED) is 0.182. The highest BCUT2D eigenvalue weighted by Crippen LogP contribution is 2.51. The number of carbonyl (C=O) groups excluding carboxylic acids is 1. The Morgan fingerprint density at radius 2 is 1.39 bits per heavy atom. The Morgan fingerprint density at radius 1 is 0.750 bits per heavy atom. The molecule has 1 aliphatic rings. The molecule has 0 saturated heterocycles. The van der Waals surface area contributed by atoms with Crippen molar-refractivity contribution in [2.75, 3.05) is 12.3 Å². The predicted molar refractivity (Wildman–Crippen MR) is 150 cm³/mol. The number of aryl methyl sites for hydroxylation is 1. The molecule has 0 aromatic heterocycles. The van der Waals surface area contributed by atoms with E-state index in [2.05, 4.69) is 48.5 Å². The van der Waals surface area contributed by atoms with E-state index in [0.29, 0.717) is 24.5 Å². The molecule has 0 N–H and O–H groups in total. The normalized spacial score (nSPS) is 15.9. The van der Waals surface area contributed by atoms with Gasteiger partial charge < -0.3 is 4.52 Å². The van der Waals surface area contributed by atoms with Gasteiger partial charge >= 0.3 is 0 Å². The number of ketones is 1. The molecule has 3 nitrogen and oxygen atoms in total. The van der Waals surface area contributed by atoms with Crippen LogP contribution in [0.1, 0.15) is 47.7 Å². The van der Waals surface area contributed by atoms with Crippen molar-refractivity contribution in [2.45, 2.75) is 32.6 Å². The Kier molecular flexibility index (Phi) is 5.69. The van der Waals surface area contributed by atoms with Gasteiger partial charge in [-0.15, -0.1) is 0 Å². The predicted octanol–water partition coefficient (Wildman–Crippen LogP) is 8.76. The molecular formula is C32H29O3P. The fourth-order valence-electron chi connectivity index (χ4n) is 5.71. The van der Waals surface area contributed by atoms with Crippen LogP contribution in [0.4, 0.5) is 0 Å². The summed E-state index contributed by atoms with van der Waals surface area (Å²) < 4.78 is 19.8. The van der Waals surface area contributed by atoms with E-state index >= 15 is 0 Å². The lowest BCUT2D eigenvalue weighted by molar-refractivity contribution is 0.0945. The van der Waals surface area contributed by atoms with Gasteiger partial charge in [-0.3, -0.25) is 9.36 Å². The Labute approximate surface area is 211 Å². The summed E-state index contributed by atoms with van der Waals surface area (Å²) >= 11 is 0. The minimum absolute atomic E-state index is 0.120. The first-order valence-corrected chi connectivity index (χ1v) is 14.8. The number of benzene rings is 5. The molecule has 1 aliphatic carbocycles. The number of carbonyl (C=O) groups is 1. The standard InChI is InChI=1S/C32H29O3P/c1-3-36(34,4-2)35-32-24-12-8-6-10-22(24)14-16-30(32)29-20-18-27-26-15-13-21-9-5-7-11-23(21)25(26)17-19-28(27)31(29)33/h5-17,19,29H,3-4,18,20H2,1-2H3. The van der Waals surface area contributed by atoms with Gasteiger partial charge in [-0.1, -0.05) is 98.8 Å². The fraction of sp³-hybridized carbons (Fsp3) is 0.219. The molecule has 0 fully saturated rings. The molecule has 5 aromatic rings. The largest absolute Gasteiger partial charge is 0.442 e. The summed E-state index contributed by atoms with van der Waals surface area (Å²) in [4.78, 5) is 14.0. The number of hydrogen-bond acceptors (Lipinski definition) is 3. The van der Waals surface area contributed by atoms with E-state index in [9.17, 15) is 9.36 Å². The van der Waals surface area contributed by atoms with Crippen LogP contribution in [0.3, 0.4) is 0 Å². The Morgan fingerprint density at radius 3 is 2.14 bits per heavy atom. The van der Waals surface area contributed by atoms with Crippen LogP contribution in [0.15, 0.2) is 84.9 Å². The van der Waals surface area contributed by atoms with Gasteiger partial charge in [0.05, 0.1) is 5.92 Å². The Hall–Kier alpha value is -3.42. The van der Waals surface area contributed by atoms with Crippen LogP contribution in [-0.4, -0.2) is 18.1 Å². The minimum Gasteiger partial charge on any atom is -0.442 e. The third kappa shape index (κ3) is 3.65. The van der Waals surface area contributed by atoms with Crippen molar-refractivity contribution in [3.05, 3.63) is 102 Å². The van der Waals surface area contributed by atoms with E-state index < -0.39 is 7.37 Å². The molecule has 0 heterocycles. The van der Waals surface area contributed by atoms with E-state index in [0.717, 1.165) is 39.3 Å². The van der Waals surface area contributed by atoms with Crippen molar-refractivity contribution in [3.8, 4) is 5.75 Å². The first kappa shape index (κ1) is 23.0. The summed E-state index contributed by atoms with van der Waals surface area (Å²) in [5.41, 5.74) is 2.78. The molecule has 0 saturated carbocycles. The third-order valence-corrected chi connectivity index (χ3v) is 10.3. The van der Waals surface area contributed by atoms with Crippen molar-refractivity contribution >= 4 is 45.5 Å². The van der Waals surface area contributed by atoms with E-state index in [1.807, 2.05) is 50.2 Å². The van der Waals surface area contributed by atoms with Gasteiger partial charge in [0.15, 0.2) is 5.78 Å². The molecule has 0 aliphatic heterocycles. The van der Waals surface area contributed by atoms with Crippen molar-refractivity contribution in [1.29, 1.82) is 0 Å². The van der Waals surface area contributed by atoms with Gasteiger partial charge in [0.2, 0.25) is 7.37 Å². The van der Waals surface area contributed by atoms with E-state index in [4.69, 9.17) is 4.52 Å². The maximum absolute atomic E-state index is 14.0. The van der Waals surface area contributed by atoms with Crippen LogP contribution in [0.2, 0.25) is 0 Å². The van der Waals surface area contributed by atoms with Crippen LogP contribution in [0.25, 0.3) is 32.3 Å². The van der Waals surface area contributed by atoms with Gasteiger partial charge in [-0.05, 0) is 45.3 Å². The topological polar surface area (TPSA) is 43.4 Å². The van der Waals surface area contributed by atoms with Crippen molar-refractivity contribution in [2.24, 2.45) is 0 Å². The van der Waals surface area contributed by atoms with Crippen LogP contribution >= 0.6 is 7.37 Å². The molecule has 1 atom stereocenters. The molecule has 1 unspecified atom stereocenters. The van der Waals surface area contributed by atoms with Gasteiger partial charge in [0.25, 0.3) is 0 Å². The summed E-state index contributed by atoms with van der Waals surface area (Å²) in [6.07, 6.45) is 2.45. The summed E-state index contributed by atoms with van der Waals surface area (Å²) in [6, 6.07) is 28.9. The fourth-order valence-corrected chi connectivity index (χ4v) is 6.95. The molecule has 5 aromatic carbocycles. The number of fused-ring (bicyclic) bond motifs is 6. The maximum atomic E-state index is 14.0. The zero-order chi connectivity index (χ0) is 24.9. The molecule has 4 heteroatoms. The van der Waals surface area contributed by atoms with Crippen molar-refractivity contribution < 1.29 is 13.9 Å². The van der Waals surface area contributed by atoms with Crippen molar-refractivity contribution in [1.82, 2.24) is 0 Å². The zero-order valence-electron chi connectivity index (χ0n) is 20.7. The summed E-state index contributed by atoms with van der Waals surface area (Å²) in [7, 11) is -2.84. The molecule has 0 bridgehead atoms. The average molecular weight is 493 g/mol. The minimum atomic E-state index is -2.84. The lowest BCUT2D eigenvalue weighted by Crippen LogP contribution is -2.22. The molecule has 36 heavy (non-hydrogen) atoms. The van der Waals surface area contributed by atoms with Crippen molar-refractivity contribution in [3.63, 3.8) is 0 Å². The van der Waals surface area contributed by atoms with E-state index in [1.165, 1.54) is 16.2 Å². The molecular weight excluding hydrogens is 463 g/mol. The van der Waals surface area contributed by atoms with Crippen LogP contribution in [0, 0.1) is 0 Å². The smallest absolute Gasteiger partial charge is 0.247 e. The SMILES string of the molecule is CCP(=O)(CC)Oc1c(C2CCc3c(ccc4c3ccc3ccccc34)C2=O)ccc2ccccc12. The Balaban J connectivity index is 1.49. The Bertz CT molecular complexity index is 1690. The van der Waals surface area contributed by atoms with Gasteiger partial charge in [-0.25, -0.2) is 0 Å². The zero-order valence-corrected chi connectivity index (χ0v) is 21.6.